The summed E-state index contributed by atoms with van der Waals surface area (Å²) in [5.74, 6) is -1.30. The van der Waals surface area contributed by atoms with Gasteiger partial charge in [0.2, 0.25) is 5.60 Å². The fourth-order valence-corrected chi connectivity index (χ4v) is 9.03. The number of hydrogen-bond donors (Lipinski definition) is 2. The van der Waals surface area contributed by atoms with E-state index < -0.39 is 34.5 Å². The summed E-state index contributed by atoms with van der Waals surface area (Å²) in [5, 5.41) is 21.6. The summed E-state index contributed by atoms with van der Waals surface area (Å²) in [6.07, 6.45) is 5.14. The molecule has 0 heterocycles. The second-order valence-corrected chi connectivity index (χ2v) is 13.6. The van der Waals surface area contributed by atoms with E-state index in [4.69, 9.17) is 9.47 Å². The summed E-state index contributed by atoms with van der Waals surface area (Å²) in [4.78, 5) is 38.2. The van der Waals surface area contributed by atoms with E-state index >= 15 is 0 Å². The molecule has 4 fully saturated rings. The first-order valence-corrected chi connectivity index (χ1v) is 13.3. The lowest BCUT2D eigenvalue weighted by atomic mass is 9.47. The molecule has 0 aromatic carbocycles. The lowest BCUT2D eigenvalue weighted by molar-refractivity contribution is -0.192. The minimum absolute atomic E-state index is 0.00719. The van der Waals surface area contributed by atoms with E-state index in [9.17, 15) is 24.6 Å². The maximum Gasteiger partial charge on any atom is 0.509 e. The average Bonchev–Trinajstić information content (AvgIpc) is 3.02. The second-order valence-electron chi connectivity index (χ2n) is 13.6. The van der Waals surface area contributed by atoms with Crippen LogP contribution in [0, 0.1) is 45.3 Å². The number of allylic oxidation sites excluding steroid dienone is 3. The summed E-state index contributed by atoms with van der Waals surface area (Å²) >= 11 is 0. The highest BCUT2D eigenvalue weighted by atomic mass is 16.7. The van der Waals surface area contributed by atoms with Crippen molar-refractivity contribution in [3.63, 3.8) is 0 Å². The van der Waals surface area contributed by atoms with Gasteiger partial charge in [-0.05, 0) is 62.9 Å². The molecule has 4 saturated carbocycles. The van der Waals surface area contributed by atoms with Crippen LogP contribution in [-0.4, -0.2) is 39.8 Å². The topological polar surface area (TPSA) is 110 Å². The van der Waals surface area contributed by atoms with Crippen LogP contribution in [0.3, 0.4) is 0 Å². The number of ether oxygens (including phenoxy) is 2. The molecule has 36 heavy (non-hydrogen) atoms. The number of ketones is 1. The van der Waals surface area contributed by atoms with Crippen LogP contribution in [0.5, 0.6) is 0 Å². The van der Waals surface area contributed by atoms with E-state index in [2.05, 4.69) is 0 Å². The minimum Gasteiger partial charge on any atom is -0.511 e. The lowest BCUT2D eigenvalue weighted by Gasteiger charge is -2.58. The van der Waals surface area contributed by atoms with Crippen molar-refractivity contribution in [1.29, 1.82) is 0 Å². The van der Waals surface area contributed by atoms with Crippen molar-refractivity contribution >= 4 is 17.9 Å². The Balaban J connectivity index is 1.46. The molecule has 0 aliphatic heterocycles. The van der Waals surface area contributed by atoms with Crippen LogP contribution in [0.2, 0.25) is 0 Å². The van der Waals surface area contributed by atoms with Crippen LogP contribution < -0.4 is 0 Å². The summed E-state index contributed by atoms with van der Waals surface area (Å²) in [7, 11) is 0. The van der Waals surface area contributed by atoms with Crippen molar-refractivity contribution < 1.29 is 34.1 Å². The van der Waals surface area contributed by atoms with Crippen LogP contribution in [0.1, 0.15) is 80.6 Å². The third-order valence-corrected chi connectivity index (χ3v) is 11.9. The second kappa shape index (κ2) is 7.38. The molecule has 0 spiro atoms. The zero-order valence-corrected chi connectivity index (χ0v) is 22.5. The third-order valence-electron chi connectivity index (χ3n) is 11.9. The molecule has 0 aromatic rings. The highest BCUT2D eigenvalue weighted by Crippen LogP contribution is 2.70. The predicted octanol–water partition coefficient (Wildman–Crippen LogP) is 5.84. The Labute approximate surface area is 213 Å². The van der Waals surface area contributed by atoms with Crippen LogP contribution in [0.4, 0.5) is 4.79 Å². The number of carbonyl (C=O) groups excluding carboxylic acids is 2. The summed E-state index contributed by atoms with van der Waals surface area (Å²) in [6.45, 7) is 14.0. The number of carboxylic acid groups (broad SMARTS) is 1. The number of aliphatic hydroxyl groups is 1. The van der Waals surface area contributed by atoms with Gasteiger partial charge >= 0.3 is 12.1 Å². The molecule has 5 rings (SSSR count). The molecular weight excluding hydrogens is 460 g/mol. The summed E-state index contributed by atoms with van der Waals surface area (Å²) < 4.78 is 11.7. The highest BCUT2D eigenvalue weighted by molar-refractivity contribution is 6.01. The fraction of sp³-hybridized carbons (Fsp3) is 0.759. The number of aliphatic hydroxyl groups excluding tert-OH is 1. The van der Waals surface area contributed by atoms with E-state index in [0.717, 1.165) is 12.0 Å². The van der Waals surface area contributed by atoms with Crippen LogP contribution in [-0.2, 0) is 19.1 Å². The van der Waals surface area contributed by atoms with Crippen molar-refractivity contribution in [3.8, 4) is 0 Å². The molecule has 0 amide bonds. The Morgan fingerprint density at radius 1 is 1.00 bits per heavy atom. The predicted molar refractivity (Wildman–Crippen MR) is 132 cm³/mol. The molecule has 5 aliphatic carbocycles. The lowest BCUT2D eigenvalue weighted by Crippen LogP contribution is -2.61. The van der Waals surface area contributed by atoms with Gasteiger partial charge in [0, 0.05) is 33.7 Å². The van der Waals surface area contributed by atoms with Gasteiger partial charge in [-0.1, -0.05) is 47.1 Å². The number of rotatable bonds is 3. The van der Waals surface area contributed by atoms with E-state index in [1.54, 1.807) is 6.08 Å². The summed E-state index contributed by atoms with van der Waals surface area (Å²) in [5.41, 5.74) is -2.49. The molecule has 7 heteroatoms. The number of carboxylic acids is 1. The number of carbonyl (C=O) groups is 3. The maximum atomic E-state index is 13.1. The van der Waals surface area contributed by atoms with Gasteiger partial charge < -0.3 is 19.7 Å². The molecule has 198 valence electrons. The van der Waals surface area contributed by atoms with E-state index in [-0.39, 0.29) is 46.2 Å². The third kappa shape index (κ3) is 2.89. The van der Waals surface area contributed by atoms with Crippen molar-refractivity contribution in [2.75, 3.05) is 0 Å². The highest BCUT2D eigenvalue weighted by Gasteiger charge is 2.73. The Hall–Kier alpha value is -2.31. The fourth-order valence-electron chi connectivity index (χ4n) is 9.03. The standard InChI is InChI=1S/C29H40O7/c1-15-12-20-18-9-8-16-13-17(30)14-21(31)28(16,7)19(18)10-11-27(20,6)29(15,23(32)33)36-24(34)35-22-25(2,3)26(22,4)5/h13-15,18-20,22,31H,8-12H2,1-7H3,(H,32,33)/t15?,18-,19+,20+,27+,28+,29+/m1/s1. The van der Waals surface area contributed by atoms with Gasteiger partial charge in [0.15, 0.2) is 5.78 Å². The van der Waals surface area contributed by atoms with Crippen LogP contribution >= 0.6 is 0 Å². The van der Waals surface area contributed by atoms with E-state index in [1.165, 1.54) is 6.08 Å². The molecule has 5 aliphatic rings. The maximum absolute atomic E-state index is 13.1. The molecule has 0 aromatic heterocycles. The Kier molecular flexibility index (Phi) is 5.20. The molecule has 7 nitrogen and oxygen atoms in total. The van der Waals surface area contributed by atoms with Gasteiger partial charge in [-0.3, -0.25) is 4.79 Å². The SMILES string of the molecule is CC1C[C@H]2[C@@H]3CCC4=CC(=O)C=C(O)[C@]4(C)[C@H]3CC[C@]2(C)[C@@]1(OC(=O)OC1C(C)(C)C1(C)C)C(=O)O. The van der Waals surface area contributed by atoms with Gasteiger partial charge in [0.05, 0.1) is 0 Å². The number of fused-ring (bicyclic) bond motifs is 5. The zero-order chi connectivity index (χ0) is 26.6. The molecular formula is C29H40O7. The normalized spacial score (nSPS) is 44.4. The van der Waals surface area contributed by atoms with Gasteiger partial charge in [-0.2, -0.15) is 0 Å². The van der Waals surface area contributed by atoms with Crippen molar-refractivity contribution in [3.05, 3.63) is 23.5 Å². The van der Waals surface area contributed by atoms with Crippen molar-refractivity contribution in [1.82, 2.24) is 0 Å². The first kappa shape index (κ1) is 25.3. The molecule has 1 unspecified atom stereocenters. The average molecular weight is 501 g/mol. The van der Waals surface area contributed by atoms with Crippen molar-refractivity contribution in [2.24, 2.45) is 45.3 Å². The van der Waals surface area contributed by atoms with E-state index in [1.807, 2.05) is 48.5 Å². The van der Waals surface area contributed by atoms with E-state index in [0.29, 0.717) is 25.7 Å². The molecule has 0 saturated heterocycles. The smallest absolute Gasteiger partial charge is 0.509 e. The van der Waals surface area contributed by atoms with Crippen molar-refractivity contribution in [2.45, 2.75) is 92.3 Å². The summed E-state index contributed by atoms with van der Waals surface area (Å²) in [6, 6.07) is 0. The number of hydrogen-bond acceptors (Lipinski definition) is 6. The first-order valence-electron chi connectivity index (χ1n) is 13.3. The molecule has 2 N–H and O–H groups in total. The van der Waals surface area contributed by atoms with Gasteiger partial charge in [-0.15, -0.1) is 0 Å². The van der Waals surface area contributed by atoms with Crippen LogP contribution in [0.25, 0.3) is 0 Å². The Morgan fingerprint density at radius 3 is 2.22 bits per heavy atom. The van der Waals surface area contributed by atoms with Gasteiger partial charge in [0.1, 0.15) is 11.9 Å². The monoisotopic (exact) mass is 500 g/mol. The minimum atomic E-state index is -1.68. The molecule has 7 atom stereocenters. The molecule has 0 bridgehead atoms. The quantitative estimate of drug-likeness (QED) is 0.469. The van der Waals surface area contributed by atoms with Gasteiger partial charge in [0.25, 0.3) is 0 Å². The van der Waals surface area contributed by atoms with Crippen LogP contribution in [0.15, 0.2) is 23.5 Å². The first-order chi connectivity index (χ1) is 16.5. The Morgan fingerprint density at radius 2 is 1.64 bits per heavy atom. The van der Waals surface area contributed by atoms with Gasteiger partial charge in [-0.25, -0.2) is 9.59 Å². The zero-order valence-electron chi connectivity index (χ0n) is 22.5. The Bertz CT molecular complexity index is 1080. The number of aliphatic carboxylic acids is 1. The molecule has 0 radical (unpaired) electrons. The largest absolute Gasteiger partial charge is 0.511 e.